The zero-order valence-electron chi connectivity index (χ0n) is 13.7. The Labute approximate surface area is 140 Å². The monoisotopic (exact) mass is 333 g/mol. The Morgan fingerprint density at radius 3 is 2.52 bits per heavy atom. The van der Waals surface area contributed by atoms with Gasteiger partial charge in [0.2, 0.25) is 0 Å². The van der Waals surface area contributed by atoms with Crippen LogP contribution in [0.3, 0.4) is 0 Å². The van der Waals surface area contributed by atoms with Crippen LogP contribution in [-0.4, -0.2) is 24.5 Å². The van der Waals surface area contributed by atoms with Crippen LogP contribution in [0.5, 0.6) is 0 Å². The first-order valence-electron chi connectivity index (χ1n) is 8.40. The van der Waals surface area contributed by atoms with Crippen molar-refractivity contribution in [3.63, 3.8) is 0 Å². The molecule has 1 aromatic heterocycles. The summed E-state index contributed by atoms with van der Waals surface area (Å²) in [7, 11) is 1.49. The summed E-state index contributed by atoms with van der Waals surface area (Å²) >= 11 is 1.49. The molecule has 5 rings (SSSR count). The van der Waals surface area contributed by atoms with Crippen LogP contribution in [0, 0.1) is 24.2 Å². The van der Waals surface area contributed by atoms with Gasteiger partial charge in [0, 0.05) is 5.54 Å². The Bertz CT molecular complexity index is 651. The molecule has 1 N–H and O–H groups in total. The van der Waals surface area contributed by atoms with Crippen molar-refractivity contribution in [3.05, 3.63) is 21.9 Å². The van der Waals surface area contributed by atoms with Gasteiger partial charge in [0.15, 0.2) is 0 Å². The lowest BCUT2D eigenvalue weighted by atomic mass is 9.47. The largest absolute Gasteiger partial charge is 0.469 e. The number of nitrogens with one attached hydrogen (secondary N) is 1. The summed E-state index contributed by atoms with van der Waals surface area (Å²) in [6, 6.07) is 1.94. The SMILES string of the molecule is COC(=O)C12CC3CC(CC(NC(=O)c4cc(C)cs4)(C3)C1)C2. The first-order chi connectivity index (χ1) is 10.9. The number of hydrogen-bond donors (Lipinski definition) is 1. The lowest BCUT2D eigenvalue weighted by Crippen LogP contribution is -2.64. The van der Waals surface area contributed by atoms with Crippen molar-refractivity contribution in [2.45, 2.75) is 51.0 Å². The molecule has 124 valence electrons. The van der Waals surface area contributed by atoms with Crippen LogP contribution in [-0.2, 0) is 9.53 Å². The van der Waals surface area contributed by atoms with Crippen LogP contribution >= 0.6 is 11.3 Å². The third-order valence-electron chi connectivity index (χ3n) is 6.01. The minimum atomic E-state index is -0.364. The smallest absolute Gasteiger partial charge is 0.311 e. The second-order valence-electron chi connectivity index (χ2n) is 7.96. The van der Waals surface area contributed by atoms with Crippen molar-refractivity contribution in [3.8, 4) is 0 Å². The van der Waals surface area contributed by atoms with Crippen molar-refractivity contribution in [1.29, 1.82) is 0 Å². The van der Waals surface area contributed by atoms with Crippen molar-refractivity contribution in [2.24, 2.45) is 17.3 Å². The highest BCUT2D eigenvalue weighted by molar-refractivity contribution is 7.12. The van der Waals surface area contributed by atoms with E-state index in [4.69, 9.17) is 4.74 Å². The molecule has 0 saturated heterocycles. The molecule has 4 saturated carbocycles. The highest BCUT2D eigenvalue weighted by atomic mass is 32.1. The van der Waals surface area contributed by atoms with Crippen LogP contribution in [0.2, 0.25) is 0 Å². The first-order valence-corrected chi connectivity index (χ1v) is 9.28. The molecular formula is C18H23NO3S. The number of amides is 1. The fourth-order valence-electron chi connectivity index (χ4n) is 5.72. The minimum absolute atomic E-state index is 0.0186. The van der Waals surface area contributed by atoms with Gasteiger partial charge in [-0.3, -0.25) is 9.59 Å². The number of esters is 1. The molecular weight excluding hydrogens is 310 g/mol. The van der Waals surface area contributed by atoms with E-state index < -0.39 is 0 Å². The minimum Gasteiger partial charge on any atom is -0.469 e. The molecule has 4 aliphatic carbocycles. The predicted molar refractivity (Wildman–Crippen MR) is 88.4 cm³/mol. The summed E-state index contributed by atoms with van der Waals surface area (Å²) in [5.41, 5.74) is 0.543. The molecule has 4 fully saturated rings. The van der Waals surface area contributed by atoms with E-state index in [-0.39, 0.29) is 22.8 Å². The molecule has 2 unspecified atom stereocenters. The Balaban J connectivity index is 1.60. The van der Waals surface area contributed by atoms with Gasteiger partial charge in [-0.05, 0) is 74.3 Å². The summed E-state index contributed by atoms with van der Waals surface area (Å²) in [6.07, 6.45) is 5.85. The van der Waals surface area contributed by atoms with E-state index in [1.165, 1.54) is 24.9 Å². The van der Waals surface area contributed by atoms with Gasteiger partial charge < -0.3 is 10.1 Å². The maximum absolute atomic E-state index is 12.7. The number of rotatable bonds is 3. The Morgan fingerprint density at radius 2 is 1.96 bits per heavy atom. The average Bonchev–Trinajstić information content (AvgIpc) is 2.91. The van der Waals surface area contributed by atoms with Crippen LogP contribution < -0.4 is 5.32 Å². The average molecular weight is 333 g/mol. The quantitative estimate of drug-likeness (QED) is 0.864. The summed E-state index contributed by atoms with van der Waals surface area (Å²) in [6.45, 7) is 2.00. The predicted octanol–water partition coefficient (Wildman–Crippen LogP) is 3.30. The maximum Gasteiger partial charge on any atom is 0.311 e. The van der Waals surface area contributed by atoms with Crippen molar-refractivity contribution in [2.75, 3.05) is 7.11 Å². The molecule has 23 heavy (non-hydrogen) atoms. The fraction of sp³-hybridized carbons (Fsp3) is 0.667. The zero-order valence-corrected chi connectivity index (χ0v) is 14.5. The Morgan fingerprint density at radius 1 is 1.26 bits per heavy atom. The summed E-state index contributed by atoms with van der Waals surface area (Å²) in [5.74, 6) is 1.03. The third kappa shape index (κ3) is 2.40. The van der Waals surface area contributed by atoms with Gasteiger partial charge in [-0.1, -0.05) is 0 Å². The van der Waals surface area contributed by atoms with Crippen LogP contribution in [0.15, 0.2) is 11.4 Å². The van der Waals surface area contributed by atoms with Crippen LogP contribution in [0.1, 0.15) is 53.8 Å². The first kappa shape index (κ1) is 15.2. The molecule has 4 nitrogen and oxygen atoms in total. The van der Waals surface area contributed by atoms with Crippen molar-refractivity contribution >= 4 is 23.2 Å². The normalized spacial score (nSPS) is 37.7. The molecule has 1 amide bonds. The van der Waals surface area contributed by atoms with Crippen LogP contribution in [0.25, 0.3) is 0 Å². The van der Waals surface area contributed by atoms with E-state index in [0.717, 1.165) is 42.5 Å². The second kappa shape index (κ2) is 5.07. The highest BCUT2D eigenvalue weighted by Gasteiger charge is 2.61. The van der Waals surface area contributed by atoms with E-state index in [1.807, 2.05) is 18.4 Å². The Hall–Kier alpha value is -1.36. The van der Waals surface area contributed by atoms with E-state index in [9.17, 15) is 9.59 Å². The molecule has 1 heterocycles. The van der Waals surface area contributed by atoms with Crippen molar-refractivity contribution < 1.29 is 14.3 Å². The molecule has 1 aromatic rings. The number of carbonyl (C=O) groups is 2. The van der Waals surface area contributed by atoms with Gasteiger partial charge in [0.25, 0.3) is 5.91 Å². The van der Waals surface area contributed by atoms with E-state index >= 15 is 0 Å². The summed E-state index contributed by atoms with van der Waals surface area (Å²) in [5, 5.41) is 5.33. The molecule has 5 heteroatoms. The second-order valence-corrected chi connectivity index (χ2v) is 8.87. The number of aryl methyl sites for hydroxylation is 1. The van der Waals surface area contributed by atoms with Crippen molar-refractivity contribution in [1.82, 2.24) is 5.32 Å². The molecule has 4 aliphatic rings. The highest BCUT2D eigenvalue weighted by Crippen LogP contribution is 2.62. The van der Waals surface area contributed by atoms with E-state index in [2.05, 4.69) is 5.32 Å². The number of hydrogen-bond acceptors (Lipinski definition) is 4. The molecule has 0 radical (unpaired) electrons. The summed E-state index contributed by atoms with van der Waals surface area (Å²) < 4.78 is 5.12. The van der Waals surface area contributed by atoms with E-state index in [0.29, 0.717) is 11.8 Å². The third-order valence-corrected chi connectivity index (χ3v) is 7.06. The molecule has 4 bridgehead atoms. The van der Waals surface area contributed by atoms with Crippen LogP contribution in [0.4, 0.5) is 0 Å². The molecule has 0 spiro atoms. The number of thiophene rings is 1. The van der Waals surface area contributed by atoms with Gasteiger partial charge in [0.05, 0.1) is 17.4 Å². The maximum atomic E-state index is 12.7. The lowest BCUT2D eigenvalue weighted by molar-refractivity contribution is -0.171. The number of methoxy groups -OCH3 is 1. The molecule has 0 aromatic carbocycles. The number of carbonyl (C=O) groups excluding carboxylic acids is 2. The lowest BCUT2D eigenvalue weighted by Gasteiger charge is -2.60. The van der Waals surface area contributed by atoms with Gasteiger partial charge in [-0.2, -0.15) is 0 Å². The molecule has 2 atom stereocenters. The van der Waals surface area contributed by atoms with Gasteiger partial charge >= 0.3 is 5.97 Å². The Kier molecular flexibility index (Phi) is 3.34. The standard InChI is InChI=1S/C18H23NO3S/c1-11-3-14(23-9-11)15(20)19-18-7-12-4-13(8-18)6-17(5-12,10-18)16(21)22-2/h3,9,12-13H,4-8,10H2,1-2H3,(H,19,20). The fourth-order valence-corrected chi connectivity index (χ4v) is 6.51. The van der Waals surface area contributed by atoms with Gasteiger partial charge in [-0.25, -0.2) is 0 Å². The van der Waals surface area contributed by atoms with Gasteiger partial charge in [-0.15, -0.1) is 11.3 Å². The molecule has 0 aliphatic heterocycles. The summed E-state index contributed by atoms with van der Waals surface area (Å²) in [4.78, 5) is 25.9. The topological polar surface area (TPSA) is 55.4 Å². The number of ether oxygens (including phenoxy) is 1. The zero-order chi connectivity index (χ0) is 16.2. The van der Waals surface area contributed by atoms with Gasteiger partial charge in [0.1, 0.15) is 0 Å². The van der Waals surface area contributed by atoms with E-state index in [1.54, 1.807) is 0 Å².